The molecule has 0 fully saturated rings. The van der Waals surface area contributed by atoms with Crippen LogP contribution in [0.4, 0.5) is 0 Å². The van der Waals surface area contributed by atoms with Crippen molar-refractivity contribution in [1.82, 2.24) is 4.98 Å². The first kappa shape index (κ1) is 11.4. The summed E-state index contributed by atoms with van der Waals surface area (Å²) in [6.07, 6.45) is 2.43. The first-order chi connectivity index (χ1) is 8.06. The fraction of sp³-hybridized carbons (Fsp3) is 0.357. The van der Waals surface area contributed by atoms with E-state index in [1.54, 1.807) is 0 Å². The molecule has 0 saturated carbocycles. The molecule has 0 aliphatic heterocycles. The lowest BCUT2D eigenvalue weighted by molar-refractivity contribution is 0.510. The Bertz CT molecular complexity index is 554. The van der Waals surface area contributed by atoms with Gasteiger partial charge in [-0.25, -0.2) is 4.98 Å². The van der Waals surface area contributed by atoms with E-state index in [1.165, 1.54) is 29.0 Å². The molecule has 1 nitrogen and oxygen atoms in total. The van der Waals surface area contributed by atoms with Gasteiger partial charge in [-0.15, -0.1) is 11.3 Å². The molecule has 1 aliphatic rings. The zero-order valence-corrected chi connectivity index (χ0v) is 12.4. The summed E-state index contributed by atoms with van der Waals surface area (Å²) >= 11 is 5.32. The zero-order chi connectivity index (χ0) is 12.0. The number of halogens is 1. The third kappa shape index (κ3) is 1.95. The van der Waals surface area contributed by atoms with Gasteiger partial charge in [0.25, 0.3) is 0 Å². The summed E-state index contributed by atoms with van der Waals surface area (Å²) in [5.74, 6) is 0. The van der Waals surface area contributed by atoms with Gasteiger partial charge in [-0.2, -0.15) is 0 Å². The molecule has 0 spiro atoms. The Morgan fingerprint density at radius 3 is 2.59 bits per heavy atom. The molecule has 0 atom stereocenters. The van der Waals surface area contributed by atoms with E-state index in [0.717, 1.165) is 9.48 Å². The van der Waals surface area contributed by atoms with Crippen LogP contribution in [0.3, 0.4) is 0 Å². The van der Waals surface area contributed by atoms with Gasteiger partial charge in [0, 0.05) is 20.3 Å². The Morgan fingerprint density at radius 2 is 1.94 bits per heavy atom. The minimum Gasteiger partial charge on any atom is -0.240 e. The third-order valence-electron chi connectivity index (χ3n) is 3.41. The number of rotatable bonds is 1. The number of hydrogen-bond acceptors (Lipinski definition) is 2. The van der Waals surface area contributed by atoms with Crippen molar-refractivity contribution in [2.45, 2.75) is 32.1 Å². The van der Waals surface area contributed by atoms with Crippen molar-refractivity contribution in [2.75, 3.05) is 0 Å². The van der Waals surface area contributed by atoms with Crippen molar-refractivity contribution in [1.29, 1.82) is 0 Å². The molecule has 0 amide bonds. The third-order valence-corrected chi connectivity index (χ3v) is 5.10. The van der Waals surface area contributed by atoms with Crippen molar-refractivity contribution in [2.24, 2.45) is 0 Å². The number of aromatic nitrogens is 1. The Labute approximate surface area is 114 Å². The molecule has 0 unspecified atom stereocenters. The minimum atomic E-state index is 0.263. The van der Waals surface area contributed by atoms with Crippen LogP contribution in [-0.4, -0.2) is 4.98 Å². The number of thiazole rings is 1. The molecule has 1 aromatic carbocycles. The average Bonchev–Trinajstić information content (AvgIpc) is 2.82. The van der Waals surface area contributed by atoms with Crippen LogP contribution in [-0.2, 0) is 11.8 Å². The van der Waals surface area contributed by atoms with Crippen LogP contribution in [0.15, 0.2) is 28.7 Å². The highest BCUT2D eigenvalue weighted by molar-refractivity contribution is 9.10. The zero-order valence-electron chi connectivity index (χ0n) is 9.96. The van der Waals surface area contributed by atoms with Crippen molar-refractivity contribution in [3.63, 3.8) is 0 Å². The van der Waals surface area contributed by atoms with Gasteiger partial charge >= 0.3 is 0 Å². The maximum absolute atomic E-state index is 4.85. The number of fused-ring (bicyclic) bond motifs is 1. The molecular formula is C14H14BrNS. The van der Waals surface area contributed by atoms with E-state index >= 15 is 0 Å². The lowest BCUT2D eigenvalue weighted by Crippen LogP contribution is -2.12. The van der Waals surface area contributed by atoms with E-state index in [4.69, 9.17) is 4.98 Å². The Balaban J connectivity index is 2.04. The Morgan fingerprint density at radius 1 is 1.24 bits per heavy atom. The van der Waals surface area contributed by atoms with Gasteiger partial charge in [0.2, 0.25) is 0 Å². The lowest BCUT2D eigenvalue weighted by Gasteiger charge is -2.15. The molecule has 0 N–H and O–H groups in total. The molecule has 0 bridgehead atoms. The fourth-order valence-corrected chi connectivity index (χ4v) is 3.82. The molecule has 0 saturated heterocycles. The molecule has 3 rings (SSSR count). The Kier molecular flexibility index (Phi) is 2.64. The molecule has 1 aromatic heterocycles. The lowest BCUT2D eigenvalue weighted by atomic mass is 9.91. The second-order valence-corrected chi connectivity index (χ2v) is 7.18. The largest absolute Gasteiger partial charge is 0.240 e. The second kappa shape index (κ2) is 3.92. The molecule has 88 valence electrons. The van der Waals surface area contributed by atoms with E-state index < -0.39 is 0 Å². The molecule has 17 heavy (non-hydrogen) atoms. The van der Waals surface area contributed by atoms with E-state index in [1.807, 2.05) is 11.3 Å². The average molecular weight is 308 g/mol. The number of nitrogens with zero attached hydrogens (tertiary/aromatic N) is 1. The standard InChI is InChI=1S/C14H14BrNS/c1-14(2)8-7-11-12(14)16-13(17-11)9-3-5-10(15)6-4-9/h3-6H,7-8H2,1-2H3. The summed E-state index contributed by atoms with van der Waals surface area (Å²) < 4.78 is 1.12. The van der Waals surface area contributed by atoms with Crippen molar-refractivity contribution >= 4 is 27.3 Å². The summed E-state index contributed by atoms with van der Waals surface area (Å²) in [6, 6.07) is 8.41. The number of aryl methyl sites for hydroxylation is 1. The quantitative estimate of drug-likeness (QED) is 0.737. The highest BCUT2D eigenvalue weighted by Gasteiger charge is 2.33. The van der Waals surface area contributed by atoms with Crippen LogP contribution in [0.5, 0.6) is 0 Å². The van der Waals surface area contributed by atoms with Crippen LogP contribution in [0.1, 0.15) is 30.8 Å². The highest BCUT2D eigenvalue weighted by Crippen LogP contribution is 2.43. The van der Waals surface area contributed by atoms with Crippen LogP contribution in [0, 0.1) is 0 Å². The predicted octanol–water partition coefficient (Wildman–Crippen LogP) is 4.80. The maximum Gasteiger partial charge on any atom is 0.123 e. The van der Waals surface area contributed by atoms with Gasteiger partial charge in [0.15, 0.2) is 0 Å². The van der Waals surface area contributed by atoms with Gasteiger partial charge in [-0.1, -0.05) is 41.9 Å². The topological polar surface area (TPSA) is 12.9 Å². The van der Waals surface area contributed by atoms with Crippen molar-refractivity contribution in [3.05, 3.63) is 39.3 Å². The van der Waals surface area contributed by atoms with E-state index in [9.17, 15) is 0 Å². The van der Waals surface area contributed by atoms with E-state index in [2.05, 4.69) is 54.0 Å². The highest BCUT2D eigenvalue weighted by atomic mass is 79.9. The molecule has 1 aliphatic carbocycles. The van der Waals surface area contributed by atoms with Crippen molar-refractivity contribution in [3.8, 4) is 10.6 Å². The number of hydrogen-bond donors (Lipinski definition) is 0. The summed E-state index contributed by atoms with van der Waals surface area (Å²) in [5.41, 5.74) is 2.81. The van der Waals surface area contributed by atoms with E-state index in [0.29, 0.717) is 0 Å². The first-order valence-electron chi connectivity index (χ1n) is 5.82. The smallest absolute Gasteiger partial charge is 0.123 e. The van der Waals surface area contributed by atoms with Gasteiger partial charge in [0.1, 0.15) is 5.01 Å². The summed E-state index contributed by atoms with van der Waals surface area (Å²) in [5, 5.41) is 1.16. The second-order valence-electron chi connectivity index (χ2n) is 5.18. The maximum atomic E-state index is 4.85. The van der Waals surface area contributed by atoms with Gasteiger partial charge in [0.05, 0.1) is 5.69 Å². The SMILES string of the molecule is CC1(C)CCc2sc(-c3ccc(Br)cc3)nc21. The molecular weight excluding hydrogens is 294 g/mol. The summed E-state index contributed by atoms with van der Waals surface area (Å²) in [7, 11) is 0. The molecule has 2 aromatic rings. The van der Waals surface area contributed by atoms with E-state index in [-0.39, 0.29) is 5.41 Å². The van der Waals surface area contributed by atoms with Gasteiger partial charge < -0.3 is 0 Å². The Hall–Kier alpha value is -0.670. The van der Waals surface area contributed by atoms with Gasteiger partial charge in [-0.3, -0.25) is 0 Å². The normalized spacial score (nSPS) is 17.1. The molecule has 0 radical (unpaired) electrons. The molecule has 1 heterocycles. The van der Waals surface area contributed by atoms with Crippen LogP contribution in [0.25, 0.3) is 10.6 Å². The monoisotopic (exact) mass is 307 g/mol. The van der Waals surface area contributed by atoms with Gasteiger partial charge in [-0.05, 0) is 25.0 Å². The predicted molar refractivity (Wildman–Crippen MR) is 76.6 cm³/mol. The molecule has 3 heteroatoms. The van der Waals surface area contributed by atoms with Crippen LogP contribution < -0.4 is 0 Å². The summed E-state index contributed by atoms with van der Waals surface area (Å²) in [6.45, 7) is 4.59. The van der Waals surface area contributed by atoms with Crippen LogP contribution >= 0.6 is 27.3 Å². The summed E-state index contributed by atoms with van der Waals surface area (Å²) in [4.78, 5) is 6.33. The minimum absolute atomic E-state index is 0.263. The van der Waals surface area contributed by atoms with Crippen LogP contribution in [0.2, 0.25) is 0 Å². The van der Waals surface area contributed by atoms with Crippen molar-refractivity contribution < 1.29 is 0 Å². The number of benzene rings is 1. The first-order valence-corrected chi connectivity index (χ1v) is 7.43. The fourth-order valence-electron chi connectivity index (χ4n) is 2.31.